The van der Waals surface area contributed by atoms with Gasteiger partial charge < -0.3 is 20.2 Å². The predicted octanol–water partition coefficient (Wildman–Crippen LogP) is 2.72. The number of carboxylic acid groups (broad SMARTS) is 1. The molecule has 1 aliphatic rings. The van der Waals surface area contributed by atoms with Crippen molar-refractivity contribution in [1.82, 2.24) is 9.80 Å². The summed E-state index contributed by atoms with van der Waals surface area (Å²) in [6, 6.07) is 7.79. The maximum absolute atomic E-state index is 12.3. The number of amides is 2. The average Bonchev–Trinajstić information content (AvgIpc) is 2.57. The van der Waals surface area contributed by atoms with Crippen LogP contribution in [0.3, 0.4) is 0 Å². The van der Waals surface area contributed by atoms with E-state index >= 15 is 0 Å². The number of likely N-dealkylation sites (tertiary alicyclic amines) is 1. The van der Waals surface area contributed by atoms with E-state index in [1.807, 2.05) is 38.1 Å². The van der Waals surface area contributed by atoms with Crippen LogP contribution in [0.4, 0.5) is 10.5 Å². The summed E-state index contributed by atoms with van der Waals surface area (Å²) in [5.41, 5.74) is 1.66. The molecule has 1 aromatic rings. The maximum Gasteiger partial charge on any atom is 0.407 e. The van der Waals surface area contributed by atoms with Gasteiger partial charge in [-0.05, 0) is 51.0 Å². The lowest BCUT2D eigenvalue weighted by atomic mass is 10.0. The fraction of sp³-hybridized carbons (Fsp3) is 0.529. The van der Waals surface area contributed by atoms with Crippen LogP contribution in [-0.2, 0) is 0 Å². The normalized spacial score (nSPS) is 15.3. The van der Waals surface area contributed by atoms with E-state index in [-0.39, 0.29) is 11.9 Å². The Morgan fingerprint density at radius 1 is 1.17 bits per heavy atom. The van der Waals surface area contributed by atoms with E-state index in [2.05, 4.69) is 5.32 Å². The summed E-state index contributed by atoms with van der Waals surface area (Å²) < 4.78 is 0. The van der Waals surface area contributed by atoms with Crippen LogP contribution in [0.15, 0.2) is 24.3 Å². The highest BCUT2D eigenvalue weighted by Gasteiger charge is 2.22. The molecule has 1 heterocycles. The summed E-state index contributed by atoms with van der Waals surface area (Å²) in [5, 5.41) is 12.4. The lowest BCUT2D eigenvalue weighted by Crippen LogP contribution is -2.41. The van der Waals surface area contributed by atoms with Gasteiger partial charge in [0, 0.05) is 43.5 Å². The van der Waals surface area contributed by atoms with E-state index in [1.54, 1.807) is 4.90 Å². The predicted molar refractivity (Wildman–Crippen MR) is 89.9 cm³/mol. The Balaban J connectivity index is 1.91. The molecule has 23 heavy (non-hydrogen) atoms. The van der Waals surface area contributed by atoms with Crippen LogP contribution < -0.4 is 5.32 Å². The number of carbonyl (C=O) groups excluding carboxylic acids is 1. The molecule has 1 fully saturated rings. The van der Waals surface area contributed by atoms with Gasteiger partial charge in [0.1, 0.15) is 0 Å². The molecule has 1 saturated heterocycles. The quantitative estimate of drug-likeness (QED) is 0.875. The van der Waals surface area contributed by atoms with Crippen LogP contribution in [0, 0.1) is 0 Å². The van der Waals surface area contributed by atoms with Crippen molar-refractivity contribution in [1.29, 1.82) is 0 Å². The Labute approximate surface area is 137 Å². The number of piperidine rings is 1. The monoisotopic (exact) mass is 319 g/mol. The van der Waals surface area contributed by atoms with Gasteiger partial charge in [0.15, 0.2) is 0 Å². The molecule has 6 heteroatoms. The van der Waals surface area contributed by atoms with Crippen LogP contribution in [0.2, 0.25) is 0 Å². The third-order valence-corrected chi connectivity index (χ3v) is 4.32. The van der Waals surface area contributed by atoms with Gasteiger partial charge in [0.05, 0.1) is 0 Å². The lowest BCUT2D eigenvalue weighted by Gasteiger charge is -2.31. The van der Waals surface area contributed by atoms with E-state index in [9.17, 15) is 9.59 Å². The molecule has 0 unspecified atom stereocenters. The maximum atomic E-state index is 12.3. The van der Waals surface area contributed by atoms with E-state index in [0.717, 1.165) is 18.5 Å². The Bertz CT molecular complexity index is 533. The van der Waals surface area contributed by atoms with E-state index < -0.39 is 6.09 Å². The molecule has 0 atom stereocenters. The second-order valence-corrected chi connectivity index (χ2v) is 5.74. The first-order chi connectivity index (χ1) is 11.0. The Hall–Kier alpha value is -2.24. The summed E-state index contributed by atoms with van der Waals surface area (Å²) in [6.45, 7) is 6.48. The fourth-order valence-electron chi connectivity index (χ4n) is 2.85. The van der Waals surface area contributed by atoms with E-state index in [1.165, 1.54) is 4.90 Å². The summed E-state index contributed by atoms with van der Waals surface area (Å²) in [6.07, 6.45) is 0.751. The molecule has 0 saturated carbocycles. The highest BCUT2D eigenvalue weighted by atomic mass is 16.4. The third-order valence-electron chi connectivity index (χ3n) is 4.32. The van der Waals surface area contributed by atoms with E-state index in [0.29, 0.717) is 31.7 Å². The molecule has 2 N–H and O–H groups in total. The molecule has 2 amide bonds. The lowest BCUT2D eigenvalue weighted by molar-refractivity contribution is 0.0773. The van der Waals surface area contributed by atoms with Crippen molar-refractivity contribution >= 4 is 17.7 Å². The zero-order valence-corrected chi connectivity index (χ0v) is 13.8. The molecule has 126 valence electrons. The van der Waals surface area contributed by atoms with Gasteiger partial charge in [0.2, 0.25) is 0 Å². The van der Waals surface area contributed by atoms with E-state index in [4.69, 9.17) is 5.11 Å². The van der Waals surface area contributed by atoms with Gasteiger partial charge >= 0.3 is 6.09 Å². The topological polar surface area (TPSA) is 72.9 Å². The number of hydrogen-bond donors (Lipinski definition) is 2. The van der Waals surface area contributed by atoms with Gasteiger partial charge in [-0.3, -0.25) is 4.79 Å². The number of benzene rings is 1. The SMILES string of the molecule is CCN(CC)C(=O)c1ccc(NC2CCN(C(=O)O)CC2)cc1. The molecule has 0 bridgehead atoms. The average molecular weight is 319 g/mol. The minimum atomic E-state index is -0.845. The molecule has 0 aromatic heterocycles. The van der Waals surface area contributed by atoms with Crippen LogP contribution in [-0.4, -0.2) is 59.1 Å². The van der Waals surface area contributed by atoms with Crippen LogP contribution in [0.1, 0.15) is 37.0 Å². The van der Waals surface area contributed by atoms with Crippen molar-refractivity contribution in [3.8, 4) is 0 Å². The van der Waals surface area contributed by atoms with Gasteiger partial charge in [-0.2, -0.15) is 0 Å². The minimum absolute atomic E-state index is 0.0521. The van der Waals surface area contributed by atoms with Gasteiger partial charge in [0.25, 0.3) is 5.91 Å². The number of rotatable bonds is 5. The molecular formula is C17H25N3O3. The second-order valence-electron chi connectivity index (χ2n) is 5.74. The highest BCUT2D eigenvalue weighted by molar-refractivity contribution is 5.94. The largest absolute Gasteiger partial charge is 0.465 e. The first kappa shape index (κ1) is 17.1. The van der Waals surface area contributed by atoms with Crippen LogP contribution in [0.5, 0.6) is 0 Å². The number of nitrogens with zero attached hydrogens (tertiary/aromatic N) is 2. The van der Waals surface area contributed by atoms with Gasteiger partial charge in [-0.15, -0.1) is 0 Å². The van der Waals surface area contributed by atoms with Crippen molar-refractivity contribution in [3.63, 3.8) is 0 Å². The van der Waals surface area contributed by atoms with Crippen molar-refractivity contribution in [2.75, 3.05) is 31.5 Å². The molecule has 1 aromatic carbocycles. The van der Waals surface area contributed by atoms with Crippen LogP contribution >= 0.6 is 0 Å². The standard InChI is InChI=1S/C17H25N3O3/c1-3-19(4-2)16(21)13-5-7-14(8-6-13)18-15-9-11-20(12-10-15)17(22)23/h5-8,15,18H,3-4,9-12H2,1-2H3,(H,22,23). The summed E-state index contributed by atoms with van der Waals surface area (Å²) in [4.78, 5) is 26.4. The zero-order chi connectivity index (χ0) is 16.8. The number of hydrogen-bond acceptors (Lipinski definition) is 3. The second kappa shape index (κ2) is 7.85. The minimum Gasteiger partial charge on any atom is -0.465 e. The Morgan fingerprint density at radius 3 is 2.22 bits per heavy atom. The molecule has 0 radical (unpaired) electrons. The summed E-state index contributed by atoms with van der Waals surface area (Å²) >= 11 is 0. The number of carbonyl (C=O) groups is 2. The highest BCUT2D eigenvalue weighted by Crippen LogP contribution is 2.18. The molecule has 6 nitrogen and oxygen atoms in total. The molecule has 1 aliphatic heterocycles. The van der Waals surface area contributed by atoms with Gasteiger partial charge in [-0.25, -0.2) is 4.79 Å². The molecule has 0 aliphatic carbocycles. The smallest absolute Gasteiger partial charge is 0.407 e. The van der Waals surface area contributed by atoms with Crippen molar-refractivity contribution in [3.05, 3.63) is 29.8 Å². The first-order valence-electron chi connectivity index (χ1n) is 8.18. The van der Waals surface area contributed by atoms with Crippen molar-refractivity contribution < 1.29 is 14.7 Å². The fourth-order valence-corrected chi connectivity index (χ4v) is 2.85. The number of anilines is 1. The molecular weight excluding hydrogens is 294 g/mol. The summed E-state index contributed by atoms with van der Waals surface area (Å²) in [5.74, 6) is 0.0521. The Morgan fingerprint density at radius 2 is 1.74 bits per heavy atom. The Kier molecular flexibility index (Phi) is 5.84. The third kappa shape index (κ3) is 4.37. The van der Waals surface area contributed by atoms with Crippen molar-refractivity contribution in [2.24, 2.45) is 0 Å². The first-order valence-corrected chi connectivity index (χ1v) is 8.18. The molecule has 2 rings (SSSR count). The van der Waals surface area contributed by atoms with Gasteiger partial charge in [-0.1, -0.05) is 0 Å². The molecule has 0 spiro atoms. The zero-order valence-electron chi connectivity index (χ0n) is 13.8. The van der Waals surface area contributed by atoms with Crippen LogP contribution in [0.25, 0.3) is 0 Å². The summed E-state index contributed by atoms with van der Waals surface area (Å²) in [7, 11) is 0. The number of nitrogens with one attached hydrogen (secondary N) is 1. The van der Waals surface area contributed by atoms with Crippen molar-refractivity contribution in [2.45, 2.75) is 32.7 Å².